The van der Waals surface area contributed by atoms with Gasteiger partial charge >= 0.3 is 17.9 Å². The maximum atomic E-state index is 12.9. The minimum Gasteiger partial charge on any atom is -0.462 e. The SMILES string of the molecule is CC/C=C\C/C=C\C/C=C\C/C=C\CCCCCCCCCCCCCCCCC(=O)OCC(COC(=O)CCCCCCC/C=C\C/C=C\CCC)OC(=O)CCCCCCCCCCCCCCCCCCC. The van der Waals surface area contributed by atoms with Gasteiger partial charge in [-0.05, 0) is 83.5 Å². The summed E-state index contributed by atoms with van der Waals surface area (Å²) in [4.78, 5) is 38.3. The van der Waals surface area contributed by atoms with Gasteiger partial charge < -0.3 is 14.2 Å². The molecule has 0 aliphatic rings. The molecule has 6 heteroatoms. The molecular weight excluding hydrogens is 925 g/mol. The smallest absolute Gasteiger partial charge is 0.306 e. The van der Waals surface area contributed by atoms with Crippen molar-refractivity contribution in [2.45, 2.75) is 335 Å². The lowest BCUT2D eigenvalue weighted by Crippen LogP contribution is -2.30. The molecule has 0 spiro atoms. The fourth-order valence-corrected chi connectivity index (χ4v) is 9.36. The Labute approximate surface area is 465 Å². The molecule has 0 saturated heterocycles. The Bertz CT molecular complexity index is 1390. The zero-order valence-corrected chi connectivity index (χ0v) is 49.8. The first kappa shape index (κ1) is 71.8. The van der Waals surface area contributed by atoms with E-state index in [0.717, 1.165) is 109 Å². The van der Waals surface area contributed by atoms with Gasteiger partial charge in [0.05, 0.1) is 0 Å². The normalized spacial score (nSPS) is 12.5. The molecule has 0 amide bonds. The van der Waals surface area contributed by atoms with Crippen LogP contribution in [0.25, 0.3) is 0 Å². The zero-order chi connectivity index (χ0) is 54.3. The fourth-order valence-electron chi connectivity index (χ4n) is 9.36. The monoisotopic (exact) mass is 1050 g/mol. The standard InChI is InChI=1S/C69H122O6/c1-4-7-10-13-16-19-22-25-27-29-30-31-32-33-34-35-36-37-38-40-41-44-47-50-53-56-59-62-68(71)74-65-66(64-73-67(70)61-58-55-52-49-46-43-24-21-18-15-12-9-6-3)75-69(72)63-60-57-54-51-48-45-42-39-28-26-23-20-17-14-11-8-5-2/h7,10,12,15-16,19,21,24-25,27,30-31,66H,4-6,8-9,11,13-14,17-18,20,22-23,26,28-29,32-65H2,1-3H3/b10-7-,15-12-,19-16-,24-21-,27-25-,31-30-. The Morgan fingerprint density at radius 2 is 0.547 bits per heavy atom. The maximum Gasteiger partial charge on any atom is 0.306 e. The predicted octanol–water partition coefficient (Wildman–Crippen LogP) is 22.1. The number of unbranched alkanes of at least 4 members (excludes halogenated alkanes) is 36. The van der Waals surface area contributed by atoms with Crippen LogP contribution in [0.4, 0.5) is 0 Å². The lowest BCUT2D eigenvalue weighted by atomic mass is 10.0. The van der Waals surface area contributed by atoms with E-state index >= 15 is 0 Å². The molecule has 0 aromatic rings. The molecule has 1 atom stereocenters. The van der Waals surface area contributed by atoms with Crippen LogP contribution in [0.2, 0.25) is 0 Å². The second-order valence-electron chi connectivity index (χ2n) is 21.6. The van der Waals surface area contributed by atoms with Crippen molar-refractivity contribution in [3.8, 4) is 0 Å². The van der Waals surface area contributed by atoms with Crippen molar-refractivity contribution in [3.63, 3.8) is 0 Å². The highest BCUT2D eigenvalue weighted by Gasteiger charge is 2.19. The van der Waals surface area contributed by atoms with Crippen LogP contribution in [-0.2, 0) is 28.6 Å². The molecule has 434 valence electrons. The number of hydrogen-bond acceptors (Lipinski definition) is 6. The molecule has 0 heterocycles. The highest BCUT2D eigenvalue weighted by molar-refractivity contribution is 5.71. The number of carbonyl (C=O) groups excluding carboxylic acids is 3. The molecular formula is C69H122O6. The zero-order valence-electron chi connectivity index (χ0n) is 49.8. The number of hydrogen-bond donors (Lipinski definition) is 0. The van der Waals surface area contributed by atoms with E-state index in [-0.39, 0.29) is 31.1 Å². The molecule has 6 nitrogen and oxygen atoms in total. The summed E-state index contributed by atoms with van der Waals surface area (Å²) in [5.74, 6) is -0.874. The molecule has 0 radical (unpaired) electrons. The summed E-state index contributed by atoms with van der Waals surface area (Å²) in [6, 6.07) is 0. The van der Waals surface area contributed by atoms with Crippen LogP contribution in [0.3, 0.4) is 0 Å². The van der Waals surface area contributed by atoms with Crippen molar-refractivity contribution in [1.82, 2.24) is 0 Å². The molecule has 0 aliphatic carbocycles. The van der Waals surface area contributed by atoms with Gasteiger partial charge in [0, 0.05) is 19.3 Å². The van der Waals surface area contributed by atoms with E-state index in [2.05, 4.69) is 93.7 Å². The van der Waals surface area contributed by atoms with Crippen molar-refractivity contribution in [2.24, 2.45) is 0 Å². The summed E-state index contributed by atoms with van der Waals surface area (Å²) < 4.78 is 16.9. The molecule has 0 aromatic heterocycles. The highest BCUT2D eigenvalue weighted by atomic mass is 16.6. The third kappa shape index (κ3) is 61.6. The van der Waals surface area contributed by atoms with Gasteiger partial charge in [-0.25, -0.2) is 0 Å². The highest BCUT2D eigenvalue weighted by Crippen LogP contribution is 2.17. The summed E-state index contributed by atoms with van der Waals surface area (Å²) in [6.07, 6.45) is 82.0. The maximum absolute atomic E-state index is 12.9. The Kier molecular flexibility index (Phi) is 60.7. The van der Waals surface area contributed by atoms with Crippen LogP contribution in [0, 0.1) is 0 Å². The quantitative estimate of drug-likeness (QED) is 0.0261. The van der Waals surface area contributed by atoms with Gasteiger partial charge in [-0.1, -0.05) is 299 Å². The van der Waals surface area contributed by atoms with Gasteiger partial charge in [0.15, 0.2) is 6.10 Å². The number of rotatable bonds is 59. The third-order valence-electron chi connectivity index (χ3n) is 14.2. The number of esters is 3. The first-order valence-corrected chi connectivity index (χ1v) is 32.4. The van der Waals surface area contributed by atoms with E-state index in [4.69, 9.17) is 14.2 Å². The molecule has 0 N–H and O–H groups in total. The second-order valence-corrected chi connectivity index (χ2v) is 21.6. The van der Waals surface area contributed by atoms with Crippen LogP contribution >= 0.6 is 0 Å². The number of allylic oxidation sites excluding steroid dienone is 12. The van der Waals surface area contributed by atoms with Crippen molar-refractivity contribution in [2.75, 3.05) is 13.2 Å². The van der Waals surface area contributed by atoms with Gasteiger partial charge in [0.1, 0.15) is 13.2 Å². The van der Waals surface area contributed by atoms with Crippen molar-refractivity contribution in [1.29, 1.82) is 0 Å². The van der Waals surface area contributed by atoms with Gasteiger partial charge in [-0.2, -0.15) is 0 Å². The molecule has 75 heavy (non-hydrogen) atoms. The Hall–Kier alpha value is -3.15. The largest absolute Gasteiger partial charge is 0.462 e. The molecule has 0 aliphatic heterocycles. The Morgan fingerprint density at radius 3 is 0.867 bits per heavy atom. The molecule has 0 fully saturated rings. The van der Waals surface area contributed by atoms with Crippen molar-refractivity contribution < 1.29 is 28.6 Å². The van der Waals surface area contributed by atoms with Gasteiger partial charge in [-0.15, -0.1) is 0 Å². The predicted molar refractivity (Wildman–Crippen MR) is 325 cm³/mol. The van der Waals surface area contributed by atoms with Crippen LogP contribution in [0.1, 0.15) is 329 Å². The summed E-state index contributed by atoms with van der Waals surface area (Å²) in [5, 5.41) is 0. The molecule has 0 bridgehead atoms. The first-order valence-electron chi connectivity index (χ1n) is 32.4. The van der Waals surface area contributed by atoms with Crippen molar-refractivity contribution in [3.05, 3.63) is 72.9 Å². The minimum atomic E-state index is -0.779. The summed E-state index contributed by atoms with van der Waals surface area (Å²) in [6.45, 7) is 6.50. The van der Waals surface area contributed by atoms with E-state index in [1.54, 1.807) is 0 Å². The number of carbonyl (C=O) groups is 3. The molecule has 0 saturated carbocycles. The van der Waals surface area contributed by atoms with Crippen LogP contribution in [0.5, 0.6) is 0 Å². The van der Waals surface area contributed by atoms with Crippen LogP contribution in [0.15, 0.2) is 72.9 Å². The Morgan fingerprint density at radius 1 is 0.280 bits per heavy atom. The van der Waals surface area contributed by atoms with Gasteiger partial charge in [0.2, 0.25) is 0 Å². The summed E-state index contributed by atoms with van der Waals surface area (Å²) in [7, 11) is 0. The van der Waals surface area contributed by atoms with E-state index < -0.39 is 6.10 Å². The average Bonchev–Trinajstić information content (AvgIpc) is 3.41. The van der Waals surface area contributed by atoms with Gasteiger partial charge in [-0.3, -0.25) is 14.4 Å². The average molecular weight is 1050 g/mol. The first-order chi connectivity index (χ1) is 37.0. The van der Waals surface area contributed by atoms with Crippen molar-refractivity contribution >= 4 is 17.9 Å². The lowest BCUT2D eigenvalue weighted by Gasteiger charge is -2.18. The Balaban J connectivity index is 4.24. The van der Waals surface area contributed by atoms with Gasteiger partial charge in [0.25, 0.3) is 0 Å². The van der Waals surface area contributed by atoms with E-state index in [9.17, 15) is 14.4 Å². The molecule has 0 aromatic carbocycles. The van der Waals surface area contributed by atoms with Crippen LogP contribution < -0.4 is 0 Å². The number of ether oxygens (including phenoxy) is 3. The second kappa shape index (κ2) is 63.4. The van der Waals surface area contributed by atoms with E-state index in [1.165, 1.54) is 180 Å². The third-order valence-corrected chi connectivity index (χ3v) is 14.2. The molecule has 0 rings (SSSR count). The topological polar surface area (TPSA) is 78.9 Å². The summed E-state index contributed by atoms with van der Waals surface area (Å²) >= 11 is 0. The van der Waals surface area contributed by atoms with E-state index in [0.29, 0.717) is 19.3 Å². The van der Waals surface area contributed by atoms with E-state index in [1.807, 2.05) is 0 Å². The summed E-state index contributed by atoms with van der Waals surface area (Å²) in [5.41, 5.74) is 0. The molecule has 1 unspecified atom stereocenters. The minimum absolute atomic E-state index is 0.0763. The van der Waals surface area contributed by atoms with Crippen LogP contribution in [-0.4, -0.2) is 37.2 Å². The fraction of sp³-hybridized carbons (Fsp3) is 0.783. The lowest BCUT2D eigenvalue weighted by molar-refractivity contribution is -0.167.